The lowest BCUT2D eigenvalue weighted by atomic mass is 10.1. The van der Waals surface area contributed by atoms with Crippen molar-refractivity contribution in [3.8, 4) is 0 Å². The summed E-state index contributed by atoms with van der Waals surface area (Å²) in [6, 6.07) is 1.75. The van der Waals surface area contributed by atoms with E-state index >= 15 is 0 Å². The van der Waals surface area contributed by atoms with E-state index in [0.717, 1.165) is 10.0 Å². The van der Waals surface area contributed by atoms with Crippen LogP contribution in [0.4, 0.5) is 0 Å². The summed E-state index contributed by atoms with van der Waals surface area (Å²) in [5.74, 6) is 0. The third-order valence-corrected chi connectivity index (χ3v) is 2.40. The Morgan fingerprint density at radius 1 is 1.77 bits per heavy atom. The largest absolute Gasteiger partial charge is 0.324 e. The summed E-state index contributed by atoms with van der Waals surface area (Å²) in [5, 5.41) is 0.456. The van der Waals surface area contributed by atoms with Gasteiger partial charge in [0, 0.05) is 22.3 Å². The highest BCUT2D eigenvalue weighted by molar-refractivity contribution is 9.10. The lowest BCUT2D eigenvalue weighted by molar-refractivity contribution is 0.737. The second-order valence-electron chi connectivity index (χ2n) is 2.66. The van der Waals surface area contributed by atoms with Gasteiger partial charge in [0.25, 0.3) is 0 Å². The van der Waals surface area contributed by atoms with Crippen LogP contribution in [0.25, 0.3) is 0 Å². The number of nitrogens with two attached hydrogens (primary N) is 1. The maximum atomic E-state index is 5.88. The average molecular weight is 262 g/mol. The zero-order valence-corrected chi connectivity index (χ0v) is 9.35. The van der Waals surface area contributed by atoms with Crippen molar-refractivity contribution >= 4 is 27.5 Å². The molecule has 1 aromatic heterocycles. The predicted octanol–water partition coefficient (Wildman–Crippen LogP) is 3.07. The van der Waals surface area contributed by atoms with Crippen LogP contribution in [-0.2, 0) is 0 Å². The molecule has 2 nitrogen and oxygen atoms in total. The van der Waals surface area contributed by atoms with E-state index in [1.165, 1.54) is 0 Å². The molecule has 70 valence electrons. The molecule has 0 saturated heterocycles. The van der Waals surface area contributed by atoms with Gasteiger partial charge in [-0.15, -0.1) is 6.58 Å². The van der Waals surface area contributed by atoms with Crippen LogP contribution in [0.3, 0.4) is 0 Å². The fraction of sp³-hybridized carbons (Fsp3) is 0.222. The van der Waals surface area contributed by atoms with Crippen LogP contribution >= 0.6 is 27.5 Å². The van der Waals surface area contributed by atoms with Crippen LogP contribution < -0.4 is 5.73 Å². The second-order valence-corrected chi connectivity index (χ2v) is 3.94. The number of nitrogens with zero attached hydrogens (tertiary/aromatic N) is 1. The van der Waals surface area contributed by atoms with Gasteiger partial charge in [0.05, 0.1) is 0 Å². The van der Waals surface area contributed by atoms with Crippen molar-refractivity contribution in [3.63, 3.8) is 0 Å². The Morgan fingerprint density at radius 3 is 3.08 bits per heavy atom. The van der Waals surface area contributed by atoms with Crippen molar-refractivity contribution in [2.24, 2.45) is 5.73 Å². The van der Waals surface area contributed by atoms with Crippen LogP contribution in [0.2, 0.25) is 5.15 Å². The van der Waals surface area contributed by atoms with Gasteiger partial charge < -0.3 is 5.73 Å². The molecule has 0 bridgehead atoms. The van der Waals surface area contributed by atoms with Crippen LogP contribution in [0.15, 0.2) is 29.4 Å². The zero-order chi connectivity index (χ0) is 9.84. The first-order valence-corrected chi connectivity index (χ1v) is 4.99. The molecule has 2 N–H and O–H groups in total. The molecule has 1 heterocycles. The van der Waals surface area contributed by atoms with E-state index in [9.17, 15) is 0 Å². The monoisotopic (exact) mass is 260 g/mol. The van der Waals surface area contributed by atoms with Crippen molar-refractivity contribution in [2.45, 2.75) is 12.5 Å². The molecule has 0 aliphatic rings. The molecular weight excluding hydrogens is 251 g/mol. The molecule has 4 heteroatoms. The van der Waals surface area contributed by atoms with E-state index in [1.54, 1.807) is 12.3 Å². The van der Waals surface area contributed by atoms with Gasteiger partial charge in [0.1, 0.15) is 5.15 Å². The van der Waals surface area contributed by atoms with Crippen molar-refractivity contribution in [1.29, 1.82) is 0 Å². The third kappa shape index (κ3) is 2.79. The summed E-state index contributed by atoms with van der Waals surface area (Å²) in [4.78, 5) is 3.99. The predicted molar refractivity (Wildman–Crippen MR) is 58.7 cm³/mol. The topological polar surface area (TPSA) is 38.9 Å². The van der Waals surface area contributed by atoms with Gasteiger partial charge in [-0.05, 0) is 28.4 Å². The molecule has 0 aromatic carbocycles. The standard InChI is InChI=1S/C9H10BrClN2/c1-2-3-8(12)7-4-6(10)5-13-9(7)11/h2,4-5,8H,1,3,12H2/t8-/m0/s1. The molecule has 0 aliphatic carbocycles. The Morgan fingerprint density at radius 2 is 2.46 bits per heavy atom. The third-order valence-electron chi connectivity index (χ3n) is 1.65. The molecule has 1 aromatic rings. The van der Waals surface area contributed by atoms with Gasteiger partial charge in [-0.25, -0.2) is 4.98 Å². The molecule has 0 unspecified atom stereocenters. The molecule has 1 atom stereocenters. The normalized spacial score (nSPS) is 12.5. The lowest BCUT2D eigenvalue weighted by Gasteiger charge is -2.10. The summed E-state index contributed by atoms with van der Waals surface area (Å²) < 4.78 is 0.881. The lowest BCUT2D eigenvalue weighted by Crippen LogP contribution is -2.10. The highest BCUT2D eigenvalue weighted by atomic mass is 79.9. The van der Waals surface area contributed by atoms with Gasteiger partial charge in [-0.1, -0.05) is 17.7 Å². The molecule has 0 aliphatic heterocycles. The fourth-order valence-corrected chi connectivity index (χ4v) is 1.60. The maximum absolute atomic E-state index is 5.88. The Kier molecular flexibility index (Phi) is 3.90. The zero-order valence-electron chi connectivity index (χ0n) is 7.00. The minimum Gasteiger partial charge on any atom is -0.324 e. The minimum absolute atomic E-state index is 0.130. The number of hydrogen-bond donors (Lipinski definition) is 1. The molecule has 0 spiro atoms. The Balaban J connectivity index is 2.97. The summed E-state index contributed by atoms with van der Waals surface area (Å²) in [5.41, 5.74) is 6.70. The van der Waals surface area contributed by atoms with Crippen molar-refractivity contribution < 1.29 is 0 Å². The Labute approximate surface area is 90.9 Å². The van der Waals surface area contributed by atoms with Gasteiger partial charge in [0.15, 0.2) is 0 Å². The van der Waals surface area contributed by atoms with E-state index in [0.29, 0.717) is 11.6 Å². The number of hydrogen-bond acceptors (Lipinski definition) is 2. The first-order chi connectivity index (χ1) is 6.15. The van der Waals surface area contributed by atoms with E-state index < -0.39 is 0 Å². The first kappa shape index (κ1) is 10.7. The van der Waals surface area contributed by atoms with Gasteiger partial charge in [0.2, 0.25) is 0 Å². The molecule has 0 saturated carbocycles. The number of halogens is 2. The molecule has 13 heavy (non-hydrogen) atoms. The highest BCUT2D eigenvalue weighted by Gasteiger charge is 2.09. The smallest absolute Gasteiger partial charge is 0.133 e. The second kappa shape index (κ2) is 4.74. The fourth-order valence-electron chi connectivity index (χ4n) is 1.00. The van der Waals surface area contributed by atoms with Gasteiger partial charge in [-0.2, -0.15) is 0 Å². The van der Waals surface area contributed by atoms with E-state index in [-0.39, 0.29) is 6.04 Å². The molecule has 0 radical (unpaired) electrons. The van der Waals surface area contributed by atoms with Crippen LogP contribution in [0.1, 0.15) is 18.0 Å². The van der Waals surface area contributed by atoms with Crippen LogP contribution in [-0.4, -0.2) is 4.98 Å². The van der Waals surface area contributed by atoms with Crippen molar-refractivity contribution in [3.05, 3.63) is 40.1 Å². The average Bonchev–Trinajstić information content (AvgIpc) is 2.09. The minimum atomic E-state index is -0.130. The summed E-state index contributed by atoms with van der Waals surface area (Å²) in [6.07, 6.45) is 4.10. The molecule has 0 fully saturated rings. The number of pyridine rings is 1. The number of rotatable bonds is 3. The number of aromatic nitrogens is 1. The van der Waals surface area contributed by atoms with Crippen LogP contribution in [0, 0.1) is 0 Å². The van der Waals surface area contributed by atoms with Crippen LogP contribution in [0.5, 0.6) is 0 Å². The summed E-state index contributed by atoms with van der Waals surface area (Å²) in [7, 11) is 0. The first-order valence-electron chi connectivity index (χ1n) is 3.82. The molecular formula is C9H10BrClN2. The van der Waals surface area contributed by atoms with E-state index in [2.05, 4.69) is 27.5 Å². The van der Waals surface area contributed by atoms with Crippen molar-refractivity contribution in [1.82, 2.24) is 4.98 Å². The molecule has 0 amide bonds. The Hall–Kier alpha value is -0.380. The summed E-state index contributed by atoms with van der Waals surface area (Å²) in [6.45, 7) is 3.62. The van der Waals surface area contributed by atoms with E-state index in [4.69, 9.17) is 17.3 Å². The summed E-state index contributed by atoms with van der Waals surface area (Å²) >= 11 is 9.19. The molecule has 1 rings (SSSR count). The Bertz CT molecular complexity index is 314. The van der Waals surface area contributed by atoms with Crippen molar-refractivity contribution in [2.75, 3.05) is 0 Å². The quantitative estimate of drug-likeness (QED) is 0.671. The SMILES string of the molecule is C=CC[C@H](N)c1cc(Br)cnc1Cl. The van der Waals surface area contributed by atoms with Gasteiger partial charge in [-0.3, -0.25) is 0 Å². The van der Waals surface area contributed by atoms with Gasteiger partial charge >= 0.3 is 0 Å². The van der Waals surface area contributed by atoms with E-state index in [1.807, 2.05) is 6.07 Å². The maximum Gasteiger partial charge on any atom is 0.133 e. The highest BCUT2D eigenvalue weighted by Crippen LogP contribution is 2.24.